The van der Waals surface area contributed by atoms with Crippen molar-refractivity contribution < 1.29 is 23.7 Å². The topological polar surface area (TPSA) is 98.9 Å². The summed E-state index contributed by atoms with van der Waals surface area (Å²) >= 11 is 0. The fourth-order valence-electron chi connectivity index (χ4n) is 3.09. The van der Waals surface area contributed by atoms with Gasteiger partial charge in [-0.25, -0.2) is 0 Å². The predicted molar refractivity (Wildman–Crippen MR) is 110 cm³/mol. The minimum absolute atomic E-state index is 0.0218. The molecule has 0 radical (unpaired) electrons. The quantitative estimate of drug-likeness (QED) is 0.577. The Bertz CT molecular complexity index is 862. The van der Waals surface area contributed by atoms with Crippen molar-refractivity contribution in [2.24, 2.45) is 0 Å². The maximum absolute atomic E-state index is 12.7. The van der Waals surface area contributed by atoms with Crippen LogP contribution in [0.2, 0.25) is 0 Å². The second-order valence-corrected chi connectivity index (χ2v) is 6.99. The van der Waals surface area contributed by atoms with Crippen molar-refractivity contribution in [1.29, 1.82) is 0 Å². The summed E-state index contributed by atoms with van der Waals surface area (Å²) in [5.41, 5.74) is 1.06. The van der Waals surface area contributed by atoms with Gasteiger partial charge in [-0.2, -0.15) is 0 Å². The first-order chi connectivity index (χ1) is 14.7. The summed E-state index contributed by atoms with van der Waals surface area (Å²) < 4.78 is 22.0. The highest BCUT2D eigenvalue weighted by Gasteiger charge is 2.20. The van der Waals surface area contributed by atoms with Gasteiger partial charge in [0.05, 0.1) is 13.2 Å². The molecule has 0 bridgehead atoms. The van der Waals surface area contributed by atoms with Crippen LogP contribution in [-0.4, -0.2) is 44.0 Å². The number of hydrogen-bond acceptors (Lipinski definition) is 6. The van der Waals surface area contributed by atoms with E-state index in [1.165, 1.54) is 6.07 Å². The number of ether oxygens (including phenoxy) is 4. The summed E-state index contributed by atoms with van der Waals surface area (Å²) in [6, 6.07) is 10.8. The maximum Gasteiger partial charge on any atom is 0.271 e. The molecule has 162 valence electrons. The molecule has 0 spiro atoms. The van der Waals surface area contributed by atoms with E-state index in [4.69, 9.17) is 18.9 Å². The van der Waals surface area contributed by atoms with Crippen molar-refractivity contribution in [3.63, 3.8) is 0 Å². The molecule has 30 heavy (non-hydrogen) atoms. The average Bonchev–Trinajstić information content (AvgIpc) is 2.78. The molecule has 8 nitrogen and oxygen atoms in total. The van der Waals surface area contributed by atoms with Crippen LogP contribution in [-0.2, 0) is 27.4 Å². The number of methoxy groups -OCH3 is 1. The second-order valence-electron chi connectivity index (χ2n) is 6.99. The normalized spacial score (nSPS) is 16.2. The van der Waals surface area contributed by atoms with E-state index >= 15 is 0 Å². The number of nitrogens with one attached hydrogen (secondary N) is 2. The van der Waals surface area contributed by atoms with Gasteiger partial charge < -0.3 is 29.2 Å². The smallest absolute Gasteiger partial charge is 0.271 e. The summed E-state index contributed by atoms with van der Waals surface area (Å²) in [7, 11) is 1.55. The molecule has 0 saturated carbocycles. The van der Waals surface area contributed by atoms with Gasteiger partial charge in [-0.15, -0.1) is 0 Å². The summed E-state index contributed by atoms with van der Waals surface area (Å²) in [4.78, 5) is 28.4. The molecule has 8 heteroatoms. The van der Waals surface area contributed by atoms with Gasteiger partial charge in [0, 0.05) is 32.0 Å². The highest BCUT2D eigenvalue weighted by atomic mass is 16.7. The Kier molecular flexibility index (Phi) is 8.43. The number of carbonyl (C=O) groups is 1. The maximum atomic E-state index is 12.7. The third-order valence-corrected chi connectivity index (χ3v) is 4.65. The van der Waals surface area contributed by atoms with Crippen molar-refractivity contribution in [2.75, 3.05) is 26.9 Å². The molecular formula is C22H28N2O6. The lowest BCUT2D eigenvalue weighted by atomic mass is 10.2. The Morgan fingerprint density at radius 1 is 1.23 bits per heavy atom. The average molecular weight is 416 g/mol. The summed E-state index contributed by atoms with van der Waals surface area (Å²) in [5, 5.41) is 2.72. The molecule has 1 aromatic heterocycles. The molecule has 0 aliphatic carbocycles. The summed E-state index contributed by atoms with van der Waals surface area (Å²) in [5.74, 6) is -0.464. The zero-order valence-electron chi connectivity index (χ0n) is 17.1. The Labute approximate surface area is 175 Å². The number of aromatic amines is 1. The summed E-state index contributed by atoms with van der Waals surface area (Å²) in [6.45, 7) is 1.65. The van der Waals surface area contributed by atoms with Crippen molar-refractivity contribution in [2.45, 2.75) is 38.8 Å². The van der Waals surface area contributed by atoms with Crippen molar-refractivity contribution in [3.8, 4) is 5.75 Å². The molecule has 1 aromatic carbocycles. The Morgan fingerprint density at radius 3 is 2.80 bits per heavy atom. The molecule has 1 aliphatic heterocycles. The third-order valence-electron chi connectivity index (χ3n) is 4.65. The van der Waals surface area contributed by atoms with Crippen LogP contribution in [0.25, 0.3) is 0 Å². The minimum atomic E-state index is -0.442. The standard InChI is InChI=1S/C22H28N2O6/c1-27-12-10-23-22(26)20-21(30-14-16-7-3-2-4-8-16)18(25)13-17(24-20)15-29-19-9-5-6-11-28-19/h2-4,7-8,13,19H,5-6,9-12,14-15H2,1H3,(H,23,26)(H,24,25). The van der Waals surface area contributed by atoms with Crippen LogP contribution in [0.3, 0.4) is 0 Å². The molecule has 1 atom stereocenters. The van der Waals surface area contributed by atoms with Crippen LogP contribution in [0, 0.1) is 0 Å². The minimum Gasteiger partial charge on any atom is -0.483 e. The van der Waals surface area contributed by atoms with Crippen LogP contribution in [0.4, 0.5) is 0 Å². The first kappa shape index (κ1) is 22.0. The van der Waals surface area contributed by atoms with Crippen LogP contribution in [0.5, 0.6) is 5.75 Å². The first-order valence-corrected chi connectivity index (χ1v) is 10.1. The van der Waals surface area contributed by atoms with Gasteiger partial charge in [0.15, 0.2) is 17.7 Å². The lowest BCUT2D eigenvalue weighted by molar-refractivity contribution is -0.169. The van der Waals surface area contributed by atoms with Gasteiger partial charge >= 0.3 is 0 Å². The highest BCUT2D eigenvalue weighted by Crippen LogP contribution is 2.17. The van der Waals surface area contributed by atoms with E-state index in [-0.39, 0.29) is 36.4 Å². The van der Waals surface area contributed by atoms with Gasteiger partial charge in [0.2, 0.25) is 5.43 Å². The van der Waals surface area contributed by atoms with Gasteiger partial charge in [0.1, 0.15) is 6.61 Å². The van der Waals surface area contributed by atoms with Gasteiger partial charge in [-0.05, 0) is 24.8 Å². The SMILES string of the molecule is COCCNC(=O)c1[nH]c(COC2CCCCO2)cc(=O)c1OCc1ccccc1. The lowest BCUT2D eigenvalue weighted by Gasteiger charge is -2.22. The molecule has 1 unspecified atom stereocenters. The van der Waals surface area contributed by atoms with E-state index in [1.54, 1.807) is 7.11 Å². The van der Waals surface area contributed by atoms with Crippen molar-refractivity contribution in [3.05, 3.63) is 63.6 Å². The zero-order valence-corrected chi connectivity index (χ0v) is 17.1. The van der Waals surface area contributed by atoms with Gasteiger partial charge in [0.25, 0.3) is 5.91 Å². The van der Waals surface area contributed by atoms with Crippen LogP contribution in [0.1, 0.15) is 41.0 Å². The molecule has 1 saturated heterocycles. The van der Waals surface area contributed by atoms with Gasteiger partial charge in [-0.3, -0.25) is 9.59 Å². The van der Waals surface area contributed by atoms with E-state index in [0.717, 1.165) is 24.8 Å². The zero-order chi connectivity index (χ0) is 21.2. The molecule has 1 fully saturated rings. The number of pyridine rings is 1. The molecule has 2 aromatic rings. The molecular weight excluding hydrogens is 388 g/mol. The van der Waals surface area contributed by atoms with E-state index in [2.05, 4.69) is 10.3 Å². The second kappa shape index (κ2) is 11.5. The van der Waals surface area contributed by atoms with E-state index in [9.17, 15) is 9.59 Å². The van der Waals surface area contributed by atoms with Crippen LogP contribution >= 0.6 is 0 Å². The van der Waals surface area contributed by atoms with Crippen LogP contribution in [0.15, 0.2) is 41.2 Å². The number of amides is 1. The number of aromatic nitrogens is 1. The fraction of sp³-hybridized carbons (Fsp3) is 0.455. The molecule has 2 N–H and O–H groups in total. The Balaban J connectivity index is 1.76. The Hall–Kier alpha value is -2.68. The number of carbonyl (C=O) groups excluding carboxylic acids is 1. The first-order valence-electron chi connectivity index (χ1n) is 10.1. The number of benzene rings is 1. The monoisotopic (exact) mass is 416 g/mol. The third kappa shape index (κ3) is 6.41. The van der Waals surface area contributed by atoms with E-state index in [0.29, 0.717) is 25.5 Å². The number of H-pyrrole nitrogens is 1. The number of rotatable bonds is 10. The van der Waals surface area contributed by atoms with Crippen LogP contribution < -0.4 is 15.5 Å². The molecule has 2 heterocycles. The molecule has 1 aliphatic rings. The van der Waals surface area contributed by atoms with Crippen molar-refractivity contribution >= 4 is 5.91 Å². The Morgan fingerprint density at radius 2 is 2.07 bits per heavy atom. The van der Waals surface area contributed by atoms with Gasteiger partial charge in [-0.1, -0.05) is 30.3 Å². The predicted octanol–water partition coefficient (Wildman–Crippen LogP) is 2.37. The fourth-order valence-corrected chi connectivity index (χ4v) is 3.09. The largest absolute Gasteiger partial charge is 0.483 e. The van der Waals surface area contributed by atoms with Crippen molar-refractivity contribution in [1.82, 2.24) is 10.3 Å². The lowest BCUT2D eigenvalue weighted by Crippen LogP contribution is -2.30. The molecule has 3 rings (SSSR count). The number of hydrogen-bond donors (Lipinski definition) is 2. The van der Waals surface area contributed by atoms with E-state index in [1.807, 2.05) is 30.3 Å². The molecule has 1 amide bonds. The summed E-state index contributed by atoms with van der Waals surface area (Å²) in [6.07, 6.45) is 2.58. The van der Waals surface area contributed by atoms with E-state index < -0.39 is 5.91 Å². The highest BCUT2D eigenvalue weighted by molar-refractivity contribution is 5.94.